The van der Waals surface area contributed by atoms with Crippen LogP contribution in [0.25, 0.3) is 28.0 Å². The van der Waals surface area contributed by atoms with Crippen LogP contribution in [0.3, 0.4) is 0 Å². The molecule has 6 nitrogen and oxygen atoms in total. The number of anilines is 1. The normalized spacial score (nSPS) is 11.0. The first-order chi connectivity index (χ1) is 16.6. The lowest BCUT2D eigenvalue weighted by molar-refractivity contribution is -0.113. The lowest BCUT2D eigenvalue weighted by Gasteiger charge is -2.10. The molecule has 0 bridgehead atoms. The van der Waals surface area contributed by atoms with Crippen LogP contribution < -0.4 is 10.1 Å². The molecule has 0 aliphatic heterocycles. The van der Waals surface area contributed by atoms with Crippen LogP contribution in [0.4, 0.5) is 5.13 Å². The predicted octanol–water partition coefficient (Wildman–Crippen LogP) is 6.20. The number of fused-ring (bicyclic) bond motifs is 1. The zero-order valence-electron chi connectivity index (χ0n) is 18.7. The van der Waals surface area contributed by atoms with Gasteiger partial charge in [0.25, 0.3) is 0 Å². The molecule has 0 atom stereocenters. The Bertz CT molecular complexity index is 1440. The zero-order valence-corrected chi connectivity index (χ0v) is 20.3. The monoisotopic (exact) mass is 486 g/mol. The molecule has 0 radical (unpaired) electrons. The summed E-state index contributed by atoms with van der Waals surface area (Å²) in [6.07, 6.45) is 0. The number of methoxy groups -OCH3 is 1. The molecule has 0 fully saturated rings. The van der Waals surface area contributed by atoms with Gasteiger partial charge >= 0.3 is 0 Å². The molecule has 0 saturated carbocycles. The Morgan fingerprint density at radius 3 is 2.56 bits per heavy atom. The number of hydrogen-bond donors (Lipinski definition) is 1. The van der Waals surface area contributed by atoms with Crippen LogP contribution in [0.5, 0.6) is 5.75 Å². The number of thioether (sulfide) groups is 1. The van der Waals surface area contributed by atoms with Gasteiger partial charge in [0, 0.05) is 16.6 Å². The van der Waals surface area contributed by atoms with Crippen molar-refractivity contribution in [2.45, 2.75) is 12.1 Å². The van der Waals surface area contributed by atoms with E-state index in [0.717, 1.165) is 38.9 Å². The second-order valence-corrected chi connectivity index (χ2v) is 9.46. The van der Waals surface area contributed by atoms with E-state index in [2.05, 4.69) is 33.9 Å². The quantitative estimate of drug-likeness (QED) is 0.278. The number of rotatable bonds is 7. The van der Waals surface area contributed by atoms with Crippen molar-refractivity contribution in [3.05, 3.63) is 83.7 Å². The minimum atomic E-state index is -0.122. The highest BCUT2D eigenvalue weighted by Crippen LogP contribution is 2.30. The molecule has 5 rings (SSSR count). The van der Waals surface area contributed by atoms with Crippen molar-refractivity contribution in [3.8, 4) is 22.7 Å². The third-order valence-corrected chi connectivity index (χ3v) is 6.99. The number of carbonyl (C=O) groups excluding carboxylic acids is 1. The van der Waals surface area contributed by atoms with Crippen molar-refractivity contribution in [2.75, 3.05) is 18.2 Å². The van der Waals surface area contributed by atoms with Gasteiger partial charge in [-0.25, -0.2) is 9.97 Å². The van der Waals surface area contributed by atoms with Crippen molar-refractivity contribution in [1.82, 2.24) is 14.5 Å². The average Bonchev–Trinajstić information content (AvgIpc) is 3.48. The summed E-state index contributed by atoms with van der Waals surface area (Å²) < 4.78 is 7.35. The molecule has 1 N–H and O–H groups in total. The van der Waals surface area contributed by atoms with Crippen molar-refractivity contribution < 1.29 is 9.53 Å². The van der Waals surface area contributed by atoms with Crippen LogP contribution in [0.15, 0.2) is 83.3 Å². The molecule has 0 unspecified atom stereocenters. The Hall–Kier alpha value is -3.62. The number of thiazole rings is 1. The molecular formula is C26H22N4O2S2. The number of ether oxygens (including phenoxy) is 1. The highest BCUT2D eigenvalue weighted by Gasteiger charge is 2.15. The SMILES string of the molecule is COc1ccc(-n2c(SCC(=O)Nc3nc(-c4ccc(C)cc4)cs3)nc3ccccc32)cc1. The topological polar surface area (TPSA) is 69.0 Å². The van der Waals surface area contributed by atoms with Crippen LogP contribution in [-0.4, -0.2) is 33.3 Å². The highest BCUT2D eigenvalue weighted by molar-refractivity contribution is 7.99. The number of aromatic nitrogens is 3. The van der Waals surface area contributed by atoms with Crippen LogP contribution in [0.1, 0.15) is 5.56 Å². The fraction of sp³-hybridized carbons (Fsp3) is 0.115. The average molecular weight is 487 g/mol. The van der Waals surface area contributed by atoms with Gasteiger partial charge in [-0.05, 0) is 43.3 Å². The number of hydrogen-bond acceptors (Lipinski definition) is 6. The van der Waals surface area contributed by atoms with E-state index < -0.39 is 0 Å². The number of carbonyl (C=O) groups is 1. The maximum absolute atomic E-state index is 12.7. The van der Waals surface area contributed by atoms with E-state index >= 15 is 0 Å². The fourth-order valence-corrected chi connectivity index (χ4v) is 5.12. The van der Waals surface area contributed by atoms with Gasteiger partial charge in [-0.2, -0.15) is 0 Å². The minimum absolute atomic E-state index is 0.122. The van der Waals surface area contributed by atoms with Crippen molar-refractivity contribution in [1.29, 1.82) is 0 Å². The van der Waals surface area contributed by atoms with E-state index in [4.69, 9.17) is 9.72 Å². The van der Waals surface area contributed by atoms with Crippen molar-refractivity contribution in [2.24, 2.45) is 0 Å². The Balaban J connectivity index is 1.32. The molecule has 34 heavy (non-hydrogen) atoms. The number of amides is 1. The van der Waals surface area contributed by atoms with E-state index in [0.29, 0.717) is 5.13 Å². The van der Waals surface area contributed by atoms with Gasteiger partial charge in [0.05, 0.1) is 29.6 Å². The smallest absolute Gasteiger partial charge is 0.236 e. The summed E-state index contributed by atoms with van der Waals surface area (Å²) in [5.41, 5.74) is 5.91. The maximum atomic E-state index is 12.7. The van der Waals surface area contributed by atoms with E-state index in [1.54, 1.807) is 7.11 Å². The Kier molecular flexibility index (Phi) is 6.33. The molecule has 1 amide bonds. The summed E-state index contributed by atoms with van der Waals surface area (Å²) in [7, 11) is 1.65. The second kappa shape index (κ2) is 9.70. The Morgan fingerprint density at radius 1 is 1.03 bits per heavy atom. The number of para-hydroxylation sites is 2. The molecule has 0 saturated heterocycles. The van der Waals surface area contributed by atoms with Crippen LogP contribution in [0.2, 0.25) is 0 Å². The van der Waals surface area contributed by atoms with Gasteiger partial charge in [-0.15, -0.1) is 11.3 Å². The molecular weight excluding hydrogens is 464 g/mol. The van der Waals surface area contributed by atoms with Gasteiger partial charge in [-0.3, -0.25) is 9.36 Å². The molecule has 2 aromatic heterocycles. The zero-order chi connectivity index (χ0) is 23.5. The number of imidazole rings is 1. The highest BCUT2D eigenvalue weighted by atomic mass is 32.2. The summed E-state index contributed by atoms with van der Waals surface area (Å²) in [6, 6.07) is 23.9. The first-order valence-corrected chi connectivity index (χ1v) is 12.5. The molecule has 0 aliphatic rings. The van der Waals surface area contributed by atoms with Gasteiger partial charge < -0.3 is 10.1 Å². The number of nitrogens with one attached hydrogen (secondary N) is 1. The predicted molar refractivity (Wildman–Crippen MR) is 139 cm³/mol. The first kappa shape index (κ1) is 22.2. The second-order valence-electron chi connectivity index (χ2n) is 7.66. The van der Waals surface area contributed by atoms with Crippen molar-refractivity contribution >= 4 is 45.2 Å². The van der Waals surface area contributed by atoms with E-state index in [9.17, 15) is 4.79 Å². The van der Waals surface area contributed by atoms with Crippen LogP contribution in [0, 0.1) is 6.92 Å². The minimum Gasteiger partial charge on any atom is -0.497 e. The lowest BCUT2D eigenvalue weighted by atomic mass is 10.1. The van der Waals surface area contributed by atoms with E-state index in [-0.39, 0.29) is 11.7 Å². The molecule has 0 spiro atoms. The molecule has 2 heterocycles. The molecule has 3 aromatic carbocycles. The third-order valence-electron chi connectivity index (χ3n) is 5.29. The molecule has 8 heteroatoms. The third kappa shape index (κ3) is 4.69. The van der Waals surface area contributed by atoms with Crippen LogP contribution in [-0.2, 0) is 4.79 Å². The van der Waals surface area contributed by atoms with Crippen LogP contribution >= 0.6 is 23.1 Å². The summed E-state index contributed by atoms with van der Waals surface area (Å²) >= 11 is 2.82. The van der Waals surface area contributed by atoms with Gasteiger partial charge in [-0.1, -0.05) is 53.7 Å². The largest absolute Gasteiger partial charge is 0.497 e. The number of aryl methyl sites for hydroxylation is 1. The maximum Gasteiger partial charge on any atom is 0.236 e. The number of benzene rings is 3. The van der Waals surface area contributed by atoms with E-state index in [1.165, 1.54) is 28.7 Å². The number of nitrogens with zero attached hydrogens (tertiary/aromatic N) is 3. The lowest BCUT2D eigenvalue weighted by Crippen LogP contribution is -2.14. The summed E-state index contributed by atoms with van der Waals surface area (Å²) in [4.78, 5) is 22.0. The Morgan fingerprint density at radius 2 is 1.79 bits per heavy atom. The molecule has 170 valence electrons. The van der Waals surface area contributed by atoms with Gasteiger partial charge in [0.1, 0.15) is 5.75 Å². The van der Waals surface area contributed by atoms with Crippen molar-refractivity contribution in [3.63, 3.8) is 0 Å². The fourth-order valence-electron chi connectivity index (χ4n) is 3.56. The first-order valence-electron chi connectivity index (χ1n) is 10.7. The molecule has 5 aromatic rings. The summed E-state index contributed by atoms with van der Waals surface area (Å²) in [5.74, 6) is 0.886. The standard InChI is InChI=1S/C26H22N4O2S2/c1-17-7-9-18(10-8-17)22-15-33-25(27-22)29-24(31)16-34-26-28-21-5-3-4-6-23(21)30(26)19-11-13-20(32-2)14-12-19/h3-15H,16H2,1-2H3,(H,27,29,31). The van der Waals surface area contributed by atoms with Gasteiger partial charge in [0.15, 0.2) is 10.3 Å². The Labute approximate surface area is 205 Å². The summed E-state index contributed by atoms with van der Waals surface area (Å²) in [6.45, 7) is 2.05. The van der Waals surface area contributed by atoms with Gasteiger partial charge in [0.2, 0.25) is 5.91 Å². The summed E-state index contributed by atoms with van der Waals surface area (Å²) in [5, 5.41) is 6.21. The van der Waals surface area contributed by atoms with E-state index in [1.807, 2.05) is 66.0 Å². The molecule has 0 aliphatic carbocycles.